The molecule has 0 fully saturated rings. The molecule has 48 valence electrons. The second-order valence-electron chi connectivity index (χ2n) is 2.28. The summed E-state index contributed by atoms with van der Waals surface area (Å²) in [6, 6.07) is 3.82. The molecule has 1 heterocycles. The number of H-pyrrole nitrogens is 1. The normalized spacial score (nSPS) is 9.56. The molecule has 1 aromatic rings. The molecule has 0 bridgehead atoms. The number of pyridine rings is 1. The summed E-state index contributed by atoms with van der Waals surface area (Å²) < 4.78 is 0. The lowest BCUT2D eigenvalue weighted by atomic mass is 10.3. The van der Waals surface area contributed by atoms with Gasteiger partial charge in [-0.2, -0.15) is 0 Å². The topological polar surface area (TPSA) is 40.2 Å². The molecule has 2 nitrogen and oxygen atoms in total. The van der Waals surface area contributed by atoms with Crippen molar-refractivity contribution < 1.29 is 4.98 Å². The fourth-order valence-electron chi connectivity index (χ4n) is 0.925. The minimum absolute atomic E-state index is 0.823. The number of aromatic nitrogens is 1. The number of anilines is 1. The molecule has 0 unspecified atom stereocenters. The van der Waals surface area contributed by atoms with Gasteiger partial charge in [0.25, 0.3) is 0 Å². The fraction of sp³-hybridized carbons (Fsp3) is 0.286. The lowest BCUT2D eigenvalue weighted by molar-refractivity contribution is -0.396. The maximum absolute atomic E-state index is 5.54. The van der Waals surface area contributed by atoms with Gasteiger partial charge in [-0.05, 0) is 0 Å². The lowest BCUT2D eigenvalue weighted by Crippen LogP contribution is -2.11. The molecule has 0 saturated heterocycles. The van der Waals surface area contributed by atoms with E-state index < -0.39 is 0 Å². The van der Waals surface area contributed by atoms with Crippen molar-refractivity contribution in [3.63, 3.8) is 0 Å². The van der Waals surface area contributed by atoms with E-state index in [0.717, 1.165) is 17.1 Å². The van der Waals surface area contributed by atoms with Crippen molar-refractivity contribution in [2.45, 2.75) is 13.8 Å². The van der Waals surface area contributed by atoms with Crippen molar-refractivity contribution in [1.29, 1.82) is 0 Å². The number of nitrogens with two attached hydrogens (primary N) is 1. The summed E-state index contributed by atoms with van der Waals surface area (Å²) in [6.07, 6.45) is 0. The van der Waals surface area contributed by atoms with Crippen LogP contribution in [0.2, 0.25) is 0 Å². The zero-order valence-electron chi connectivity index (χ0n) is 5.73. The zero-order chi connectivity index (χ0) is 6.85. The molecule has 0 radical (unpaired) electrons. The van der Waals surface area contributed by atoms with Crippen LogP contribution in [-0.2, 0) is 0 Å². The third kappa shape index (κ3) is 1.42. The van der Waals surface area contributed by atoms with Crippen LogP contribution in [0.3, 0.4) is 0 Å². The van der Waals surface area contributed by atoms with Crippen molar-refractivity contribution in [1.82, 2.24) is 0 Å². The summed E-state index contributed by atoms with van der Waals surface area (Å²) in [4.78, 5) is 3.13. The van der Waals surface area contributed by atoms with Gasteiger partial charge in [0.2, 0.25) is 0 Å². The van der Waals surface area contributed by atoms with Crippen molar-refractivity contribution in [3.05, 3.63) is 23.5 Å². The van der Waals surface area contributed by atoms with Crippen LogP contribution >= 0.6 is 0 Å². The SMILES string of the molecule is Cc1cc(N)cc(C)[nH+]1. The Hall–Kier alpha value is -1.05. The van der Waals surface area contributed by atoms with Crippen LogP contribution in [0, 0.1) is 13.8 Å². The summed E-state index contributed by atoms with van der Waals surface area (Å²) in [7, 11) is 0. The molecule has 0 aromatic carbocycles. The molecular formula is C7H11N2+. The summed E-state index contributed by atoms with van der Waals surface area (Å²) in [5, 5.41) is 0. The summed E-state index contributed by atoms with van der Waals surface area (Å²) in [6.45, 7) is 3.98. The van der Waals surface area contributed by atoms with Gasteiger partial charge < -0.3 is 5.73 Å². The first-order valence-electron chi connectivity index (χ1n) is 2.94. The molecule has 0 amide bonds. The van der Waals surface area contributed by atoms with Gasteiger partial charge in [0.1, 0.15) is 0 Å². The Balaban J connectivity index is 3.17. The first kappa shape index (κ1) is 6.08. The Bertz CT molecular complexity index is 168. The zero-order valence-corrected chi connectivity index (χ0v) is 5.73. The molecule has 9 heavy (non-hydrogen) atoms. The Morgan fingerprint density at radius 2 is 1.67 bits per heavy atom. The van der Waals surface area contributed by atoms with E-state index >= 15 is 0 Å². The predicted molar refractivity (Wildman–Crippen MR) is 36.9 cm³/mol. The second kappa shape index (κ2) is 2.05. The van der Waals surface area contributed by atoms with Crippen LogP contribution < -0.4 is 10.7 Å². The molecule has 0 spiro atoms. The fourth-order valence-corrected chi connectivity index (χ4v) is 0.925. The van der Waals surface area contributed by atoms with Crippen molar-refractivity contribution in [2.24, 2.45) is 0 Å². The van der Waals surface area contributed by atoms with E-state index in [9.17, 15) is 0 Å². The highest BCUT2D eigenvalue weighted by Crippen LogP contribution is 2.00. The molecule has 0 aliphatic rings. The molecule has 0 aliphatic heterocycles. The lowest BCUT2D eigenvalue weighted by Gasteiger charge is -1.89. The monoisotopic (exact) mass is 123 g/mol. The van der Waals surface area contributed by atoms with Gasteiger partial charge in [0.15, 0.2) is 11.4 Å². The quantitative estimate of drug-likeness (QED) is 0.542. The average molecular weight is 123 g/mol. The highest BCUT2D eigenvalue weighted by molar-refractivity contribution is 5.36. The van der Waals surface area contributed by atoms with Gasteiger partial charge in [-0.15, -0.1) is 0 Å². The van der Waals surface area contributed by atoms with Crippen LogP contribution in [-0.4, -0.2) is 0 Å². The minimum atomic E-state index is 0.823. The van der Waals surface area contributed by atoms with E-state index in [2.05, 4.69) is 4.98 Å². The van der Waals surface area contributed by atoms with E-state index in [1.165, 1.54) is 0 Å². The highest BCUT2D eigenvalue weighted by atomic mass is 14.7. The van der Waals surface area contributed by atoms with Crippen LogP contribution in [0.15, 0.2) is 12.1 Å². The van der Waals surface area contributed by atoms with Crippen molar-refractivity contribution >= 4 is 5.69 Å². The molecule has 3 N–H and O–H groups in total. The maximum Gasteiger partial charge on any atom is 0.178 e. The molecule has 0 aliphatic carbocycles. The molecule has 1 aromatic heterocycles. The molecule has 1 rings (SSSR count). The number of aryl methyl sites for hydroxylation is 2. The third-order valence-corrected chi connectivity index (χ3v) is 1.16. The van der Waals surface area contributed by atoms with E-state index in [1.54, 1.807) is 0 Å². The third-order valence-electron chi connectivity index (χ3n) is 1.16. The number of hydrogen-bond acceptors (Lipinski definition) is 1. The van der Waals surface area contributed by atoms with Crippen molar-refractivity contribution in [3.8, 4) is 0 Å². The summed E-state index contributed by atoms with van der Waals surface area (Å²) in [5.41, 5.74) is 8.57. The largest absolute Gasteiger partial charge is 0.398 e. The van der Waals surface area contributed by atoms with Gasteiger partial charge in [-0.3, -0.25) is 0 Å². The van der Waals surface area contributed by atoms with Gasteiger partial charge in [0, 0.05) is 31.7 Å². The van der Waals surface area contributed by atoms with E-state index in [-0.39, 0.29) is 0 Å². The first-order chi connectivity index (χ1) is 4.18. The average Bonchev–Trinajstić information content (AvgIpc) is 1.59. The Labute approximate surface area is 54.7 Å². The van der Waals surface area contributed by atoms with Crippen LogP contribution in [0.5, 0.6) is 0 Å². The van der Waals surface area contributed by atoms with Gasteiger partial charge in [-0.1, -0.05) is 0 Å². The van der Waals surface area contributed by atoms with Gasteiger partial charge in [-0.25, -0.2) is 4.98 Å². The summed E-state index contributed by atoms with van der Waals surface area (Å²) >= 11 is 0. The van der Waals surface area contributed by atoms with Crippen LogP contribution in [0.1, 0.15) is 11.4 Å². The van der Waals surface area contributed by atoms with Crippen LogP contribution in [0.4, 0.5) is 5.69 Å². The second-order valence-corrected chi connectivity index (χ2v) is 2.28. The Morgan fingerprint density at radius 1 is 1.22 bits per heavy atom. The van der Waals surface area contributed by atoms with E-state index in [4.69, 9.17) is 5.73 Å². The minimum Gasteiger partial charge on any atom is -0.398 e. The van der Waals surface area contributed by atoms with E-state index in [1.807, 2.05) is 26.0 Å². The molecule has 0 atom stereocenters. The Morgan fingerprint density at radius 3 is 2.00 bits per heavy atom. The van der Waals surface area contributed by atoms with Gasteiger partial charge in [0.05, 0.1) is 0 Å². The molecular weight excluding hydrogens is 112 g/mol. The number of nitrogens with one attached hydrogen (secondary N) is 1. The highest BCUT2D eigenvalue weighted by Gasteiger charge is 1.96. The smallest absolute Gasteiger partial charge is 0.178 e. The molecule has 2 heteroatoms. The molecule has 0 saturated carbocycles. The maximum atomic E-state index is 5.54. The standard InChI is InChI=1S/C7H10N2/c1-5-3-7(8)4-6(2)9-5/h3-4H,1-2H3,(H2,8,9)/p+1. The van der Waals surface area contributed by atoms with Gasteiger partial charge >= 0.3 is 0 Å². The van der Waals surface area contributed by atoms with Crippen LogP contribution in [0.25, 0.3) is 0 Å². The number of nitrogen functional groups attached to an aromatic ring is 1. The summed E-state index contributed by atoms with van der Waals surface area (Å²) in [5.74, 6) is 0. The predicted octanol–water partition coefficient (Wildman–Crippen LogP) is 0.700. The van der Waals surface area contributed by atoms with E-state index in [0.29, 0.717) is 0 Å². The first-order valence-corrected chi connectivity index (χ1v) is 2.94. The van der Waals surface area contributed by atoms with Crippen molar-refractivity contribution in [2.75, 3.05) is 5.73 Å². The number of aromatic amines is 1. The number of hydrogen-bond donors (Lipinski definition) is 1. The number of rotatable bonds is 0. The Kier molecular flexibility index (Phi) is 1.39.